The molecule has 6 heteroatoms. The fourth-order valence-electron chi connectivity index (χ4n) is 2.75. The number of hydrogen-bond acceptors (Lipinski definition) is 5. The molecule has 0 amide bonds. The zero-order valence-electron chi connectivity index (χ0n) is 14.8. The standard InChI is InChI=1S/C20H22INO4/c1-25-18(23)20(19(24)26-2,14-22-16-11-7-4-8-12-16)13-17(21)15-9-5-3-6-10-15/h3-12,17,22H,13-14H2,1-2H3/t17-/m1/s1. The third kappa shape index (κ3) is 4.75. The van der Waals surface area contributed by atoms with Gasteiger partial charge in [0, 0.05) is 16.2 Å². The Hall–Kier alpha value is -2.09. The number of anilines is 1. The number of esters is 2. The van der Waals surface area contributed by atoms with Gasteiger partial charge in [0.05, 0.1) is 14.2 Å². The van der Waals surface area contributed by atoms with Crippen LogP contribution in [0.3, 0.4) is 0 Å². The lowest BCUT2D eigenvalue weighted by molar-refractivity contribution is -0.168. The molecule has 26 heavy (non-hydrogen) atoms. The van der Waals surface area contributed by atoms with Crippen LogP contribution in [0.2, 0.25) is 0 Å². The second-order valence-corrected chi connectivity index (χ2v) is 7.37. The van der Waals surface area contributed by atoms with Gasteiger partial charge in [-0.2, -0.15) is 0 Å². The van der Waals surface area contributed by atoms with Crippen molar-refractivity contribution in [2.45, 2.75) is 10.3 Å². The number of halogens is 1. The fraction of sp³-hybridized carbons (Fsp3) is 0.300. The normalized spacial score (nSPS) is 12.1. The topological polar surface area (TPSA) is 64.6 Å². The van der Waals surface area contributed by atoms with E-state index < -0.39 is 17.4 Å². The Morgan fingerprint density at radius 2 is 1.46 bits per heavy atom. The molecule has 0 radical (unpaired) electrons. The van der Waals surface area contributed by atoms with Crippen molar-refractivity contribution in [1.29, 1.82) is 0 Å². The van der Waals surface area contributed by atoms with Crippen LogP contribution in [0.1, 0.15) is 15.9 Å². The lowest BCUT2D eigenvalue weighted by Crippen LogP contribution is -2.47. The van der Waals surface area contributed by atoms with Crippen LogP contribution in [0.15, 0.2) is 60.7 Å². The number of carbonyl (C=O) groups is 2. The number of carbonyl (C=O) groups excluding carboxylic acids is 2. The number of methoxy groups -OCH3 is 2. The quantitative estimate of drug-likeness (QED) is 0.275. The molecule has 1 atom stereocenters. The maximum absolute atomic E-state index is 12.7. The molecule has 2 aromatic carbocycles. The lowest BCUT2D eigenvalue weighted by atomic mass is 9.81. The summed E-state index contributed by atoms with van der Waals surface area (Å²) in [6.45, 7) is 0.0860. The van der Waals surface area contributed by atoms with Gasteiger partial charge in [-0.1, -0.05) is 71.1 Å². The summed E-state index contributed by atoms with van der Waals surface area (Å²) in [6.07, 6.45) is 0.261. The molecule has 0 saturated heterocycles. The number of rotatable bonds is 8. The molecule has 0 saturated carbocycles. The minimum Gasteiger partial charge on any atom is -0.468 e. The summed E-state index contributed by atoms with van der Waals surface area (Å²) in [7, 11) is 2.57. The van der Waals surface area contributed by atoms with E-state index in [4.69, 9.17) is 9.47 Å². The van der Waals surface area contributed by atoms with Gasteiger partial charge in [-0.25, -0.2) is 0 Å². The van der Waals surface area contributed by atoms with Crippen LogP contribution >= 0.6 is 22.6 Å². The van der Waals surface area contributed by atoms with E-state index >= 15 is 0 Å². The molecule has 0 spiro atoms. The molecular formula is C20H22INO4. The lowest BCUT2D eigenvalue weighted by Gasteiger charge is -2.30. The van der Waals surface area contributed by atoms with Gasteiger partial charge in [0.1, 0.15) is 0 Å². The first-order valence-electron chi connectivity index (χ1n) is 8.18. The number of alkyl halides is 1. The van der Waals surface area contributed by atoms with Crippen LogP contribution in [-0.4, -0.2) is 32.7 Å². The third-order valence-corrected chi connectivity index (χ3v) is 5.37. The summed E-state index contributed by atoms with van der Waals surface area (Å²) in [5, 5.41) is 3.17. The predicted octanol–water partition coefficient (Wildman–Crippen LogP) is 4.00. The van der Waals surface area contributed by atoms with Crippen molar-refractivity contribution < 1.29 is 19.1 Å². The minimum atomic E-state index is -1.44. The smallest absolute Gasteiger partial charge is 0.325 e. The average Bonchev–Trinajstić information content (AvgIpc) is 2.71. The van der Waals surface area contributed by atoms with Gasteiger partial charge in [-0.05, 0) is 24.1 Å². The van der Waals surface area contributed by atoms with Gasteiger partial charge in [-0.3, -0.25) is 9.59 Å². The number of hydrogen-bond donors (Lipinski definition) is 1. The van der Waals surface area contributed by atoms with Crippen LogP contribution in [0, 0.1) is 5.41 Å². The first-order valence-corrected chi connectivity index (χ1v) is 9.43. The number of ether oxygens (including phenoxy) is 2. The van der Waals surface area contributed by atoms with Crippen molar-refractivity contribution in [3.8, 4) is 0 Å². The molecule has 0 aromatic heterocycles. The van der Waals surface area contributed by atoms with E-state index in [1.165, 1.54) is 14.2 Å². The van der Waals surface area contributed by atoms with E-state index in [0.717, 1.165) is 11.3 Å². The maximum atomic E-state index is 12.7. The molecule has 0 aliphatic heterocycles. The van der Waals surface area contributed by atoms with Crippen LogP contribution in [-0.2, 0) is 19.1 Å². The third-order valence-electron chi connectivity index (χ3n) is 4.21. The second kappa shape index (κ2) is 9.56. The highest BCUT2D eigenvalue weighted by molar-refractivity contribution is 14.1. The molecule has 5 nitrogen and oxygen atoms in total. The highest BCUT2D eigenvalue weighted by Gasteiger charge is 2.49. The summed E-state index contributed by atoms with van der Waals surface area (Å²) < 4.78 is 9.90. The Morgan fingerprint density at radius 3 is 1.96 bits per heavy atom. The van der Waals surface area contributed by atoms with Crippen molar-refractivity contribution >= 4 is 40.2 Å². The van der Waals surface area contributed by atoms with E-state index in [2.05, 4.69) is 27.9 Å². The van der Waals surface area contributed by atoms with Crippen molar-refractivity contribution in [2.24, 2.45) is 5.41 Å². The Kier molecular flexibility index (Phi) is 7.44. The monoisotopic (exact) mass is 467 g/mol. The van der Waals surface area contributed by atoms with Gasteiger partial charge in [0.15, 0.2) is 5.41 Å². The minimum absolute atomic E-state index is 0.0652. The van der Waals surface area contributed by atoms with Crippen LogP contribution in [0.4, 0.5) is 5.69 Å². The van der Waals surface area contributed by atoms with Gasteiger partial charge in [-0.15, -0.1) is 0 Å². The van der Waals surface area contributed by atoms with Gasteiger partial charge in [0.25, 0.3) is 0 Å². The zero-order valence-corrected chi connectivity index (χ0v) is 16.9. The predicted molar refractivity (Wildman–Crippen MR) is 109 cm³/mol. The van der Waals surface area contributed by atoms with Crippen molar-refractivity contribution in [3.63, 3.8) is 0 Å². The largest absolute Gasteiger partial charge is 0.468 e. The Morgan fingerprint density at radius 1 is 0.962 bits per heavy atom. The van der Waals surface area contributed by atoms with E-state index in [-0.39, 0.29) is 16.9 Å². The molecule has 138 valence electrons. The second-order valence-electron chi connectivity index (χ2n) is 5.87. The average molecular weight is 467 g/mol. The van der Waals surface area contributed by atoms with Gasteiger partial charge < -0.3 is 14.8 Å². The van der Waals surface area contributed by atoms with E-state index in [0.29, 0.717) is 0 Å². The highest BCUT2D eigenvalue weighted by atomic mass is 127. The Bertz CT molecular complexity index is 705. The summed E-state index contributed by atoms with van der Waals surface area (Å²) in [5.74, 6) is -1.21. The van der Waals surface area contributed by atoms with Gasteiger partial charge >= 0.3 is 11.9 Å². The van der Waals surface area contributed by atoms with Crippen molar-refractivity contribution in [1.82, 2.24) is 0 Å². The Balaban J connectivity index is 2.32. The molecule has 2 rings (SSSR count). The fourth-order valence-corrected chi connectivity index (χ4v) is 3.92. The summed E-state index contributed by atoms with van der Waals surface area (Å²) in [4.78, 5) is 25.3. The van der Waals surface area contributed by atoms with Gasteiger partial charge in [0.2, 0.25) is 0 Å². The SMILES string of the molecule is COC(=O)C(CNc1ccccc1)(C[C@@H](I)c1ccccc1)C(=O)OC. The number of benzene rings is 2. The molecule has 0 unspecified atom stereocenters. The van der Waals surface area contributed by atoms with Crippen LogP contribution < -0.4 is 5.32 Å². The molecule has 0 heterocycles. The first kappa shape index (κ1) is 20.2. The number of nitrogens with one attached hydrogen (secondary N) is 1. The molecule has 0 aliphatic carbocycles. The summed E-state index contributed by atoms with van der Waals surface area (Å²) >= 11 is 2.24. The molecular weight excluding hydrogens is 445 g/mol. The summed E-state index contributed by atoms with van der Waals surface area (Å²) in [6, 6.07) is 19.1. The summed E-state index contributed by atoms with van der Waals surface area (Å²) in [5.41, 5.74) is 0.403. The molecule has 1 N–H and O–H groups in total. The van der Waals surface area contributed by atoms with Crippen LogP contribution in [0.25, 0.3) is 0 Å². The maximum Gasteiger partial charge on any atom is 0.325 e. The molecule has 0 aliphatic rings. The molecule has 0 bridgehead atoms. The Labute approximate surface area is 167 Å². The van der Waals surface area contributed by atoms with E-state index in [1.54, 1.807) is 0 Å². The van der Waals surface area contributed by atoms with E-state index in [9.17, 15) is 9.59 Å². The molecule has 0 fully saturated rings. The first-order chi connectivity index (χ1) is 12.5. The number of para-hydroxylation sites is 1. The van der Waals surface area contributed by atoms with Crippen molar-refractivity contribution in [2.75, 3.05) is 26.1 Å². The zero-order chi connectivity index (χ0) is 19.0. The highest BCUT2D eigenvalue weighted by Crippen LogP contribution is 2.39. The molecule has 2 aromatic rings. The van der Waals surface area contributed by atoms with Crippen LogP contribution in [0.5, 0.6) is 0 Å². The van der Waals surface area contributed by atoms with Crippen molar-refractivity contribution in [3.05, 3.63) is 66.2 Å². The van der Waals surface area contributed by atoms with E-state index in [1.807, 2.05) is 60.7 Å².